The van der Waals surface area contributed by atoms with E-state index in [0.717, 1.165) is 16.9 Å². The van der Waals surface area contributed by atoms with E-state index in [-0.39, 0.29) is 24.4 Å². The van der Waals surface area contributed by atoms with Crippen molar-refractivity contribution in [2.45, 2.75) is 26.3 Å². The van der Waals surface area contributed by atoms with Crippen LogP contribution in [0.5, 0.6) is 5.75 Å². The van der Waals surface area contributed by atoms with Gasteiger partial charge in [0, 0.05) is 25.4 Å². The zero-order chi connectivity index (χ0) is 20.4. The number of aryl methyl sites for hydroxylation is 1. The van der Waals surface area contributed by atoms with Crippen molar-refractivity contribution in [1.82, 2.24) is 24.8 Å². The number of fused-ring (bicyclic) bond motifs is 1. The van der Waals surface area contributed by atoms with E-state index in [4.69, 9.17) is 4.74 Å². The number of carbonyl (C=O) groups is 1. The number of hydrogen-bond donors (Lipinski definition) is 1. The molecule has 3 aromatic rings. The van der Waals surface area contributed by atoms with Crippen LogP contribution in [0.25, 0.3) is 11.5 Å². The molecule has 0 fully saturated rings. The van der Waals surface area contributed by atoms with Crippen LogP contribution in [-0.4, -0.2) is 44.4 Å². The summed E-state index contributed by atoms with van der Waals surface area (Å²) in [5, 5.41) is 0. The number of nitrogens with one attached hydrogen (secondary N) is 1. The van der Waals surface area contributed by atoms with Gasteiger partial charge in [-0.3, -0.25) is 14.6 Å². The fourth-order valence-corrected chi connectivity index (χ4v) is 3.52. The van der Waals surface area contributed by atoms with Crippen molar-refractivity contribution in [3.05, 3.63) is 69.5 Å². The first-order valence-corrected chi connectivity index (χ1v) is 9.35. The molecule has 0 bridgehead atoms. The van der Waals surface area contributed by atoms with Gasteiger partial charge >= 0.3 is 0 Å². The molecule has 2 aromatic heterocycles. The molecule has 1 N–H and O–H groups in total. The number of carbonyl (C=O) groups excluding carboxylic acids is 1. The lowest BCUT2D eigenvalue weighted by atomic mass is 10.0. The number of amides is 1. The number of H-pyrrole nitrogens is 1. The monoisotopic (exact) mass is 391 g/mol. The van der Waals surface area contributed by atoms with Gasteiger partial charge in [0.25, 0.3) is 5.56 Å². The summed E-state index contributed by atoms with van der Waals surface area (Å²) < 4.78 is 5.27. The highest BCUT2D eigenvalue weighted by molar-refractivity contribution is 5.79. The van der Waals surface area contributed by atoms with Crippen molar-refractivity contribution in [2.75, 3.05) is 13.7 Å². The quantitative estimate of drug-likeness (QED) is 0.726. The van der Waals surface area contributed by atoms with Crippen molar-refractivity contribution < 1.29 is 9.53 Å². The standard InChI is InChI=1S/C21H21N5O3/c1-13-9-14(3-4-18(13)29-2)10-19(27)26-8-5-16-15(12-26)21(28)25-20(24-16)17-11-22-6-7-23-17/h3-4,6-7,9,11H,5,8,10,12H2,1-2H3,(H,24,25,28). The maximum atomic E-state index is 12.8. The molecule has 148 valence electrons. The zero-order valence-electron chi connectivity index (χ0n) is 16.3. The molecule has 3 heterocycles. The number of methoxy groups -OCH3 is 1. The first-order chi connectivity index (χ1) is 14.0. The van der Waals surface area contributed by atoms with Crippen molar-refractivity contribution in [3.63, 3.8) is 0 Å². The molecule has 0 unspecified atom stereocenters. The van der Waals surface area contributed by atoms with Gasteiger partial charge in [0.15, 0.2) is 5.82 Å². The number of aromatic nitrogens is 4. The lowest BCUT2D eigenvalue weighted by Gasteiger charge is -2.28. The lowest BCUT2D eigenvalue weighted by Crippen LogP contribution is -2.40. The molecule has 0 aliphatic carbocycles. The summed E-state index contributed by atoms with van der Waals surface area (Å²) in [5.41, 5.74) is 3.42. The molecule has 8 nitrogen and oxygen atoms in total. The van der Waals surface area contributed by atoms with Gasteiger partial charge in [0.05, 0.1) is 37.5 Å². The van der Waals surface area contributed by atoms with Crippen LogP contribution < -0.4 is 10.3 Å². The molecule has 1 aliphatic heterocycles. The van der Waals surface area contributed by atoms with Crippen LogP contribution >= 0.6 is 0 Å². The molecule has 0 saturated carbocycles. The van der Waals surface area contributed by atoms with E-state index in [2.05, 4.69) is 19.9 Å². The molecule has 1 aliphatic rings. The molecular formula is C21H21N5O3. The Hall–Kier alpha value is -3.55. The third kappa shape index (κ3) is 3.87. The molecule has 0 radical (unpaired) electrons. The third-order valence-corrected chi connectivity index (χ3v) is 5.04. The lowest BCUT2D eigenvalue weighted by molar-refractivity contribution is -0.131. The summed E-state index contributed by atoms with van der Waals surface area (Å²) in [6.45, 7) is 2.73. The topological polar surface area (TPSA) is 101 Å². The van der Waals surface area contributed by atoms with Gasteiger partial charge in [-0.05, 0) is 24.1 Å². The molecule has 0 atom stereocenters. The van der Waals surface area contributed by atoms with Crippen LogP contribution in [-0.2, 0) is 24.2 Å². The fourth-order valence-electron chi connectivity index (χ4n) is 3.52. The molecule has 8 heteroatoms. The van der Waals surface area contributed by atoms with Crippen LogP contribution in [0.15, 0.2) is 41.6 Å². The maximum absolute atomic E-state index is 12.8. The Morgan fingerprint density at radius 2 is 2.17 bits per heavy atom. The van der Waals surface area contributed by atoms with Crippen molar-refractivity contribution in [3.8, 4) is 17.3 Å². The molecule has 0 saturated heterocycles. The molecular weight excluding hydrogens is 370 g/mol. The average molecular weight is 391 g/mol. The van der Waals surface area contributed by atoms with Crippen LogP contribution in [0.3, 0.4) is 0 Å². The van der Waals surface area contributed by atoms with Crippen molar-refractivity contribution in [2.24, 2.45) is 0 Å². The smallest absolute Gasteiger partial charge is 0.256 e. The van der Waals surface area contributed by atoms with Crippen molar-refractivity contribution >= 4 is 5.91 Å². The Bertz CT molecular complexity index is 1110. The summed E-state index contributed by atoms with van der Waals surface area (Å²) in [5.74, 6) is 1.18. The Balaban J connectivity index is 1.52. The zero-order valence-corrected chi connectivity index (χ0v) is 16.3. The number of rotatable bonds is 4. The Morgan fingerprint density at radius 1 is 1.31 bits per heavy atom. The summed E-state index contributed by atoms with van der Waals surface area (Å²) in [6.07, 6.45) is 5.48. The second-order valence-electron chi connectivity index (χ2n) is 6.98. The maximum Gasteiger partial charge on any atom is 0.256 e. The Labute approximate surface area is 167 Å². The predicted octanol–water partition coefficient (Wildman–Crippen LogP) is 1.67. The number of aromatic amines is 1. The van der Waals surface area contributed by atoms with Gasteiger partial charge in [-0.2, -0.15) is 0 Å². The minimum absolute atomic E-state index is 0.0161. The average Bonchev–Trinajstić information content (AvgIpc) is 2.74. The minimum Gasteiger partial charge on any atom is -0.496 e. The van der Waals surface area contributed by atoms with E-state index >= 15 is 0 Å². The van der Waals surface area contributed by atoms with Gasteiger partial charge in [0.1, 0.15) is 11.4 Å². The van der Waals surface area contributed by atoms with Crippen LogP contribution in [0.1, 0.15) is 22.4 Å². The number of ether oxygens (including phenoxy) is 1. The summed E-state index contributed by atoms with van der Waals surface area (Å²) >= 11 is 0. The first kappa shape index (κ1) is 18.8. The molecule has 1 amide bonds. The summed E-state index contributed by atoms with van der Waals surface area (Å²) in [4.78, 5) is 42.6. The van der Waals surface area contributed by atoms with Gasteiger partial charge in [-0.15, -0.1) is 0 Å². The first-order valence-electron chi connectivity index (χ1n) is 9.35. The van der Waals surface area contributed by atoms with Gasteiger partial charge in [-0.25, -0.2) is 9.97 Å². The summed E-state index contributed by atoms with van der Waals surface area (Å²) in [6, 6.07) is 5.71. The minimum atomic E-state index is -0.242. The van der Waals surface area contributed by atoms with E-state index in [9.17, 15) is 9.59 Å². The van der Waals surface area contributed by atoms with Gasteiger partial charge < -0.3 is 14.6 Å². The van der Waals surface area contributed by atoms with E-state index < -0.39 is 0 Å². The van der Waals surface area contributed by atoms with E-state index in [1.54, 1.807) is 30.6 Å². The highest BCUT2D eigenvalue weighted by atomic mass is 16.5. The highest BCUT2D eigenvalue weighted by Crippen LogP contribution is 2.21. The van der Waals surface area contributed by atoms with Crippen LogP contribution in [0, 0.1) is 6.92 Å². The molecule has 0 spiro atoms. The number of benzene rings is 1. The van der Waals surface area contributed by atoms with E-state index in [1.165, 1.54) is 0 Å². The molecule has 29 heavy (non-hydrogen) atoms. The number of nitrogens with zero attached hydrogens (tertiary/aromatic N) is 4. The summed E-state index contributed by atoms with van der Waals surface area (Å²) in [7, 11) is 1.62. The third-order valence-electron chi connectivity index (χ3n) is 5.04. The molecule has 4 rings (SSSR count). The van der Waals surface area contributed by atoms with E-state index in [1.807, 2.05) is 25.1 Å². The highest BCUT2D eigenvalue weighted by Gasteiger charge is 2.25. The van der Waals surface area contributed by atoms with Gasteiger partial charge in [-0.1, -0.05) is 12.1 Å². The normalized spacial score (nSPS) is 13.1. The fraction of sp³-hybridized carbons (Fsp3) is 0.286. The Morgan fingerprint density at radius 3 is 2.90 bits per heavy atom. The second-order valence-corrected chi connectivity index (χ2v) is 6.98. The number of hydrogen-bond acceptors (Lipinski definition) is 6. The Kier molecular flexibility index (Phi) is 5.07. The van der Waals surface area contributed by atoms with Crippen LogP contribution in [0.4, 0.5) is 0 Å². The van der Waals surface area contributed by atoms with Crippen LogP contribution in [0.2, 0.25) is 0 Å². The second kappa shape index (κ2) is 7.83. The van der Waals surface area contributed by atoms with E-state index in [0.29, 0.717) is 35.7 Å². The SMILES string of the molecule is COc1ccc(CC(=O)N2CCc3nc(-c4cnccn4)[nH]c(=O)c3C2)cc1C. The van der Waals surface area contributed by atoms with Crippen molar-refractivity contribution in [1.29, 1.82) is 0 Å². The molecule has 1 aromatic carbocycles. The largest absolute Gasteiger partial charge is 0.496 e. The predicted molar refractivity (Wildman–Crippen MR) is 106 cm³/mol. The van der Waals surface area contributed by atoms with Gasteiger partial charge in [0.2, 0.25) is 5.91 Å².